The topological polar surface area (TPSA) is 71.1 Å². The van der Waals surface area contributed by atoms with Crippen molar-refractivity contribution in [2.24, 2.45) is 0 Å². The van der Waals surface area contributed by atoms with Crippen LogP contribution in [0.1, 0.15) is 42.5 Å². The zero-order chi connectivity index (χ0) is 20.9. The molecule has 0 aliphatic heterocycles. The van der Waals surface area contributed by atoms with E-state index in [9.17, 15) is 9.59 Å². The number of thioether (sulfide) groups is 1. The number of hydrogen-bond acceptors (Lipinski definition) is 5. The number of halogens is 1. The van der Waals surface area contributed by atoms with E-state index in [0.29, 0.717) is 28.1 Å². The number of fused-ring (bicyclic) bond motifs is 1. The highest BCUT2D eigenvalue weighted by Crippen LogP contribution is 2.31. The first-order chi connectivity index (χ1) is 14.6. The fourth-order valence-electron chi connectivity index (χ4n) is 3.53. The first-order valence-corrected chi connectivity index (χ1v) is 12.1. The van der Waals surface area contributed by atoms with Crippen LogP contribution >= 0.6 is 34.7 Å². The molecule has 1 aromatic heterocycles. The third kappa shape index (κ3) is 5.33. The number of amides is 2. The summed E-state index contributed by atoms with van der Waals surface area (Å²) < 4.78 is 1.81. The number of nitrogens with zero attached hydrogens (tertiary/aromatic N) is 1. The van der Waals surface area contributed by atoms with Gasteiger partial charge in [0.25, 0.3) is 5.91 Å². The molecule has 30 heavy (non-hydrogen) atoms. The Labute approximate surface area is 188 Å². The van der Waals surface area contributed by atoms with Crippen molar-refractivity contribution in [1.29, 1.82) is 0 Å². The molecule has 2 N–H and O–H groups in total. The van der Waals surface area contributed by atoms with Crippen molar-refractivity contribution in [2.75, 3.05) is 11.1 Å². The Hall–Kier alpha value is -2.09. The Bertz CT molecular complexity index is 1060. The van der Waals surface area contributed by atoms with E-state index in [1.54, 1.807) is 24.3 Å². The van der Waals surface area contributed by atoms with E-state index in [1.807, 2.05) is 18.2 Å². The van der Waals surface area contributed by atoms with E-state index >= 15 is 0 Å². The third-order valence-corrected chi connectivity index (χ3v) is 7.53. The minimum atomic E-state index is -0.251. The molecule has 2 aromatic carbocycles. The summed E-state index contributed by atoms with van der Waals surface area (Å²) in [6, 6.07) is 12.9. The highest BCUT2D eigenvalue weighted by molar-refractivity contribution is 8.01. The SMILES string of the molecule is O=C(CSc1nc2ccc(NC(=O)c3ccccc3Cl)cc2s1)NC1CCCCC1. The van der Waals surface area contributed by atoms with Gasteiger partial charge in [0.1, 0.15) is 0 Å². The molecule has 1 aliphatic rings. The summed E-state index contributed by atoms with van der Waals surface area (Å²) in [7, 11) is 0. The van der Waals surface area contributed by atoms with E-state index in [0.717, 1.165) is 27.4 Å². The molecule has 4 rings (SSSR count). The van der Waals surface area contributed by atoms with Gasteiger partial charge in [-0.05, 0) is 43.2 Å². The summed E-state index contributed by atoms with van der Waals surface area (Å²) in [5.74, 6) is 0.184. The number of aromatic nitrogens is 1. The number of nitrogens with one attached hydrogen (secondary N) is 2. The zero-order valence-corrected chi connectivity index (χ0v) is 18.7. The van der Waals surface area contributed by atoms with Crippen LogP contribution in [-0.4, -0.2) is 28.6 Å². The minimum absolute atomic E-state index is 0.0684. The maximum absolute atomic E-state index is 12.5. The molecule has 0 radical (unpaired) electrons. The van der Waals surface area contributed by atoms with Crippen LogP contribution in [0.3, 0.4) is 0 Å². The van der Waals surface area contributed by atoms with Crippen molar-refractivity contribution in [2.45, 2.75) is 42.5 Å². The van der Waals surface area contributed by atoms with Crippen LogP contribution in [0.25, 0.3) is 10.2 Å². The summed E-state index contributed by atoms with van der Waals surface area (Å²) in [5, 5.41) is 6.43. The molecular weight excluding hydrogens is 438 g/mol. The first-order valence-electron chi connectivity index (χ1n) is 9.97. The Morgan fingerprint density at radius 3 is 2.73 bits per heavy atom. The minimum Gasteiger partial charge on any atom is -0.353 e. The van der Waals surface area contributed by atoms with Crippen molar-refractivity contribution >= 4 is 62.4 Å². The maximum atomic E-state index is 12.5. The van der Waals surface area contributed by atoms with Crippen LogP contribution < -0.4 is 10.6 Å². The number of rotatable bonds is 6. The molecule has 0 spiro atoms. The molecule has 0 saturated heterocycles. The van der Waals surface area contributed by atoms with E-state index in [2.05, 4.69) is 15.6 Å². The number of carbonyl (C=O) groups excluding carboxylic acids is 2. The quantitative estimate of drug-likeness (QED) is 0.461. The fourth-order valence-corrected chi connectivity index (χ4v) is 5.67. The molecule has 156 valence electrons. The summed E-state index contributed by atoms with van der Waals surface area (Å²) in [5.41, 5.74) is 1.97. The third-order valence-electron chi connectivity index (χ3n) is 5.04. The van der Waals surface area contributed by atoms with Gasteiger partial charge in [-0.1, -0.05) is 54.8 Å². The van der Waals surface area contributed by atoms with Gasteiger partial charge in [0.15, 0.2) is 4.34 Å². The van der Waals surface area contributed by atoms with Gasteiger partial charge in [0.2, 0.25) is 5.91 Å². The van der Waals surface area contributed by atoms with E-state index < -0.39 is 0 Å². The summed E-state index contributed by atoms with van der Waals surface area (Å²) in [4.78, 5) is 29.3. The number of benzene rings is 2. The molecule has 3 aromatic rings. The van der Waals surface area contributed by atoms with Gasteiger partial charge in [-0.2, -0.15) is 0 Å². The van der Waals surface area contributed by atoms with Crippen molar-refractivity contribution < 1.29 is 9.59 Å². The number of anilines is 1. The van der Waals surface area contributed by atoms with Crippen molar-refractivity contribution in [1.82, 2.24) is 10.3 Å². The lowest BCUT2D eigenvalue weighted by Crippen LogP contribution is -2.37. The normalized spacial score (nSPS) is 14.6. The van der Waals surface area contributed by atoms with Crippen LogP contribution in [0.15, 0.2) is 46.8 Å². The van der Waals surface area contributed by atoms with Crippen molar-refractivity contribution in [3.8, 4) is 0 Å². The van der Waals surface area contributed by atoms with Crippen LogP contribution in [0, 0.1) is 0 Å². The largest absolute Gasteiger partial charge is 0.353 e. The second kappa shape index (κ2) is 9.81. The predicted octanol–water partition coefficient (Wildman–Crippen LogP) is 5.74. The highest BCUT2D eigenvalue weighted by atomic mass is 35.5. The number of hydrogen-bond donors (Lipinski definition) is 2. The second-order valence-electron chi connectivity index (χ2n) is 7.29. The Morgan fingerprint density at radius 1 is 1.13 bits per heavy atom. The average molecular weight is 460 g/mol. The van der Waals surface area contributed by atoms with Gasteiger partial charge in [0, 0.05) is 11.7 Å². The van der Waals surface area contributed by atoms with Crippen molar-refractivity contribution in [3.05, 3.63) is 53.1 Å². The van der Waals surface area contributed by atoms with Gasteiger partial charge in [-0.15, -0.1) is 11.3 Å². The summed E-state index contributed by atoms with van der Waals surface area (Å²) >= 11 is 9.07. The van der Waals surface area contributed by atoms with Gasteiger partial charge >= 0.3 is 0 Å². The highest BCUT2D eigenvalue weighted by Gasteiger charge is 2.16. The van der Waals surface area contributed by atoms with E-state index in [1.165, 1.54) is 42.4 Å². The van der Waals surface area contributed by atoms with Gasteiger partial charge < -0.3 is 10.6 Å². The maximum Gasteiger partial charge on any atom is 0.257 e. The molecule has 0 bridgehead atoms. The van der Waals surface area contributed by atoms with Gasteiger partial charge in [-0.3, -0.25) is 9.59 Å². The Morgan fingerprint density at radius 2 is 1.93 bits per heavy atom. The lowest BCUT2D eigenvalue weighted by atomic mass is 9.95. The number of thiazole rings is 1. The Balaban J connectivity index is 1.37. The molecule has 0 unspecified atom stereocenters. The Kier molecular flexibility index (Phi) is 6.92. The molecule has 1 saturated carbocycles. The molecule has 5 nitrogen and oxygen atoms in total. The molecule has 1 aliphatic carbocycles. The molecule has 1 fully saturated rings. The van der Waals surface area contributed by atoms with E-state index in [4.69, 9.17) is 11.6 Å². The number of carbonyl (C=O) groups is 2. The molecular formula is C22H22ClN3O2S2. The monoisotopic (exact) mass is 459 g/mol. The molecule has 0 atom stereocenters. The lowest BCUT2D eigenvalue weighted by molar-refractivity contribution is -0.119. The second-order valence-corrected chi connectivity index (χ2v) is 9.95. The standard InChI is InChI=1S/C22H22ClN3O2S2/c23-17-9-5-4-8-16(17)21(28)25-15-10-11-18-19(12-15)30-22(26-18)29-13-20(27)24-14-6-2-1-3-7-14/h4-5,8-12,14H,1-3,6-7,13H2,(H,24,27)(H,25,28). The molecule has 8 heteroatoms. The van der Waals surface area contributed by atoms with E-state index in [-0.39, 0.29) is 11.8 Å². The van der Waals surface area contributed by atoms with Gasteiger partial charge in [-0.25, -0.2) is 4.98 Å². The summed E-state index contributed by atoms with van der Waals surface area (Å²) in [6.07, 6.45) is 5.84. The van der Waals surface area contributed by atoms with Crippen molar-refractivity contribution in [3.63, 3.8) is 0 Å². The lowest BCUT2D eigenvalue weighted by Gasteiger charge is -2.22. The predicted molar refractivity (Wildman–Crippen MR) is 125 cm³/mol. The van der Waals surface area contributed by atoms with Crippen LogP contribution in [0.5, 0.6) is 0 Å². The molecule has 1 heterocycles. The first kappa shape index (κ1) is 21.2. The molecule has 2 amide bonds. The van der Waals surface area contributed by atoms with Crippen LogP contribution in [-0.2, 0) is 4.79 Å². The van der Waals surface area contributed by atoms with Crippen LogP contribution in [0.2, 0.25) is 5.02 Å². The smallest absolute Gasteiger partial charge is 0.257 e. The van der Waals surface area contributed by atoms with Crippen LogP contribution in [0.4, 0.5) is 5.69 Å². The summed E-state index contributed by atoms with van der Waals surface area (Å²) in [6.45, 7) is 0. The fraction of sp³-hybridized carbons (Fsp3) is 0.318. The van der Waals surface area contributed by atoms with Gasteiger partial charge in [0.05, 0.1) is 26.6 Å². The average Bonchev–Trinajstić information content (AvgIpc) is 3.15. The zero-order valence-electron chi connectivity index (χ0n) is 16.3.